The first-order valence-electron chi connectivity index (χ1n) is 7.83. The topological polar surface area (TPSA) is 65.0 Å². The minimum Gasteiger partial charge on any atom is -0.355 e. The van der Waals surface area contributed by atoms with Gasteiger partial charge < -0.3 is 10.2 Å². The molecule has 1 heterocycles. The van der Waals surface area contributed by atoms with Gasteiger partial charge in [0.1, 0.15) is 0 Å². The van der Waals surface area contributed by atoms with Crippen molar-refractivity contribution in [3.63, 3.8) is 0 Å². The highest BCUT2D eigenvalue weighted by atomic mass is 32.2. The monoisotopic (exact) mass is 350 g/mol. The number of aliphatic imine (C=N–C) groups is 1. The number of hydrogen-bond donors (Lipinski definition) is 1. The van der Waals surface area contributed by atoms with Crippen LogP contribution in [0.5, 0.6) is 0 Å². The molecule has 0 unspecified atom stereocenters. The Bertz CT molecular complexity index is 473. The third-order valence-corrected chi connectivity index (χ3v) is 7.00. The standard InChI is InChI=1S/C14H30N4O2S2/c1-6-18(7-2)22(19,20)11-8-16-13(15-5)17-9-10-21-14(3,4)12-17/h6-12H2,1-5H3,(H,15,16). The smallest absolute Gasteiger partial charge is 0.215 e. The predicted molar refractivity (Wildman–Crippen MR) is 96.2 cm³/mol. The van der Waals surface area contributed by atoms with Crippen molar-refractivity contribution in [2.75, 3.05) is 51.3 Å². The zero-order chi connectivity index (χ0) is 16.8. The van der Waals surface area contributed by atoms with Crippen LogP contribution in [-0.2, 0) is 10.0 Å². The molecule has 0 atom stereocenters. The molecule has 1 N–H and O–H groups in total. The van der Waals surface area contributed by atoms with Gasteiger partial charge in [-0.25, -0.2) is 12.7 Å². The molecule has 0 spiro atoms. The normalized spacial score (nSPS) is 19.5. The molecule has 0 radical (unpaired) electrons. The average Bonchev–Trinajstić information content (AvgIpc) is 2.43. The maximum Gasteiger partial charge on any atom is 0.215 e. The number of rotatable bonds is 6. The van der Waals surface area contributed by atoms with Gasteiger partial charge in [0.2, 0.25) is 10.0 Å². The Balaban J connectivity index is 2.55. The van der Waals surface area contributed by atoms with E-state index in [1.165, 1.54) is 4.31 Å². The number of nitrogens with zero attached hydrogens (tertiary/aromatic N) is 3. The van der Waals surface area contributed by atoms with Crippen LogP contribution in [-0.4, -0.2) is 79.6 Å². The second-order valence-corrected chi connectivity index (χ2v) is 9.79. The zero-order valence-electron chi connectivity index (χ0n) is 14.4. The Labute approximate surface area is 139 Å². The average molecular weight is 351 g/mol. The molecule has 0 aromatic heterocycles. The second kappa shape index (κ2) is 8.40. The van der Waals surface area contributed by atoms with E-state index < -0.39 is 10.0 Å². The van der Waals surface area contributed by atoms with Gasteiger partial charge in [0, 0.05) is 50.3 Å². The number of sulfonamides is 1. The zero-order valence-corrected chi connectivity index (χ0v) is 16.1. The first-order chi connectivity index (χ1) is 10.3. The van der Waals surface area contributed by atoms with Gasteiger partial charge in [0.15, 0.2) is 5.96 Å². The van der Waals surface area contributed by atoms with Crippen LogP contribution in [0, 0.1) is 0 Å². The van der Waals surface area contributed by atoms with Crippen molar-refractivity contribution in [2.24, 2.45) is 4.99 Å². The highest BCUT2D eigenvalue weighted by molar-refractivity contribution is 8.00. The van der Waals surface area contributed by atoms with E-state index in [2.05, 4.69) is 29.1 Å². The van der Waals surface area contributed by atoms with Gasteiger partial charge in [-0.1, -0.05) is 13.8 Å². The van der Waals surface area contributed by atoms with E-state index in [-0.39, 0.29) is 10.5 Å². The molecule has 0 aliphatic carbocycles. The van der Waals surface area contributed by atoms with E-state index in [4.69, 9.17) is 0 Å². The molecule has 1 saturated heterocycles. The van der Waals surface area contributed by atoms with Gasteiger partial charge in [0.25, 0.3) is 0 Å². The van der Waals surface area contributed by atoms with Crippen LogP contribution in [0.3, 0.4) is 0 Å². The van der Waals surface area contributed by atoms with Gasteiger partial charge in [-0.05, 0) is 13.8 Å². The van der Waals surface area contributed by atoms with Crippen LogP contribution >= 0.6 is 11.8 Å². The molecule has 0 saturated carbocycles. The van der Waals surface area contributed by atoms with Crippen LogP contribution in [0.25, 0.3) is 0 Å². The van der Waals surface area contributed by atoms with Crippen molar-refractivity contribution < 1.29 is 8.42 Å². The number of nitrogens with one attached hydrogen (secondary N) is 1. The Morgan fingerprint density at radius 1 is 1.36 bits per heavy atom. The van der Waals surface area contributed by atoms with Crippen molar-refractivity contribution in [3.05, 3.63) is 0 Å². The summed E-state index contributed by atoms with van der Waals surface area (Å²) in [6.45, 7) is 11.5. The largest absolute Gasteiger partial charge is 0.355 e. The molecule has 0 aromatic rings. The molecule has 6 nitrogen and oxygen atoms in total. The summed E-state index contributed by atoms with van der Waals surface area (Å²) in [4.78, 5) is 6.50. The lowest BCUT2D eigenvalue weighted by molar-refractivity contribution is 0.376. The molecule has 0 aromatic carbocycles. The fraction of sp³-hybridized carbons (Fsp3) is 0.929. The molecule has 8 heteroatoms. The van der Waals surface area contributed by atoms with Crippen LogP contribution in [0.15, 0.2) is 4.99 Å². The molecular formula is C14H30N4O2S2. The second-order valence-electron chi connectivity index (χ2n) is 5.90. The quantitative estimate of drug-likeness (QED) is 0.573. The Hall–Kier alpha value is -0.470. The SMILES string of the molecule is CCN(CC)S(=O)(=O)CCNC(=NC)N1CCSC(C)(C)C1. The molecule has 0 bridgehead atoms. The number of thioether (sulfide) groups is 1. The maximum atomic E-state index is 12.2. The molecule has 1 fully saturated rings. The van der Waals surface area contributed by atoms with E-state index >= 15 is 0 Å². The minimum absolute atomic E-state index is 0.0969. The van der Waals surface area contributed by atoms with E-state index in [0.29, 0.717) is 19.6 Å². The molecule has 1 aliphatic heterocycles. The lowest BCUT2D eigenvalue weighted by Crippen LogP contribution is -2.51. The summed E-state index contributed by atoms with van der Waals surface area (Å²) >= 11 is 1.96. The lowest BCUT2D eigenvalue weighted by atomic mass is 10.2. The molecule has 1 aliphatic rings. The Morgan fingerprint density at radius 3 is 2.50 bits per heavy atom. The number of hydrogen-bond acceptors (Lipinski definition) is 4. The highest BCUT2D eigenvalue weighted by Gasteiger charge is 2.28. The van der Waals surface area contributed by atoms with Crippen molar-refractivity contribution in [2.45, 2.75) is 32.4 Å². The summed E-state index contributed by atoms with van der Waals surface area (Å²) in [6.07, 6.45) is 0. The van der Waals surface area contributed by atoms with Gasteiger partial charge >= 0.3 is 0 Å². The molecule has 22 heavy (non-hydrogen) atoms. The van der Waals surface area contributed by atoms with E-state index in [9.17, 15) is 8.42 Å². The minimum atomic E-state index is -3.19. The van der Waals surface area contributed by atoms with Crippen molar-refractivity contribution in [1.29, 1.82) is 0 Å². The third kappa shape index (κ3) is 5.62. The van der Waals surface area contributed by atoms with Gasteiger partial charge in [-0.3, -0.25) is 4.99 Å². The molecular weight excluding hydrogens is 320 g/mol. The van der Waals surface area contributed by atoms with E-state index in [1.54, 1.807) is 7.05 Å². The van der Waals surface area contributed by atoms with Crippen LogP contribution in [0.4, 0.5) is 0 Å². The van der Waals surface area contributed by atoms with Crippen molar-refractivity contribution in [1.82, 2.24) is 14.5 Å². The summed E-state index contributed by atoms with van der Waals surface area (Å²) in [5.41, 5.74) is 0. The molecule has 1 rings (SSSR count). The van der Waals surface area contributed by atoms with Crippen LogP contribution in [0.2, 0.25) is 0 Å². The van der Waals surface area contributed by atoms with Crippen LogP contribution in [0.1, 0.15) is 27.7 Å². The molecule has 130 valence electrons. The van der Waals surface area contributed by atoms with E-state index in [0.717, 1.165) is 24.8 Å². The van der Waals surface area contributed by atoms with Gasteiger partial charge in [0.05, 0.1) is 5.75 Å². The highest BCUT2D eigenvalue weighted by Crippen LogP contribution is 2.29. The maximum absolute atomic E-state index is 12.2. The fourth-order valence-corrected chi connectivity index (χ4v) is 5.08. The summed E-state index contributed by atoms with van der Waals surface area (Å²) in [6, 6.07) is 0. The predicted octanol–water partition coefficient (Wildman–Crippen LogP) is 1.06. The number of guanidine groups is 1. The first kappa shape index (κ1) is 19.6. The Kier molecular flexibility index (Phi) is 7.48. The van der Waals surface area contributed by atoms with Crippen molar-refractivity contribution in [3.8, 4) is 0 Å². The fourth-order valence-electron chi connectivity index (χ4n) is 2.57. The van der Waals surface area contributed by atoms with E-state index in [1.807, 2.05) is 25.6 Å². The first-order valence-corrected chi connectivity index (χ1v) is 10.4. The third-order valence-electron chi connectivity index (χ3n) is 3.68. The lowest BCUT2D eigenvalue weighted by Gasteiger charge is -2.39. The summed E-state index contributed by atoms with van der Waals surface area (Å²) in [5, 5.41) is 3.20. The van der Waals surface area contributed by atoms with Crippen molar-refractivity contribution >= 4 is 27.7 Å². The van der Waals surface area contributed by atoms with Crippen LogP contribution < -0.4 is 5.32 Å². The van der Waals surface area contributed by atoms with Gasteiger partial charge in [-0.15, -0.1) is 0 Å². The Morgan fingerprint density at radius 2 is 2.00 bits per heavy atom. The van der Waals surface area contributed by atoms with Gasteiger partial charge in [-0.2, -0.15) is 11.8 Å². The summed E-state index contributed by atoms with van der Waals surface area (Å²) in [7, 11) is -1.44. The molecule has 0 amide bonds. The summed E-state index contributed by atoms with van der Waals surface area (Å²) in [5.74, 6) is 1.95. The summed E-state index contributed by atoms with van der Waals surface area (Å²) < 4.78 is 26.0.